The smallest absolute Gasteiger partial charge is 0.302 e. The molecule has 5 unspecified atom stereocenters. The number of rotatable bonds is 19. The summed E-state index contributed by atoms with van der Waals surface area (Å²) in [5.74, 6) is 0.880. The Labute approximate surface area is 334 Å². The highest BCUT2D eigenvalue weighted by atomic mass is 35.5. The maximum absolute atomic E-state index is 12.3. The Hall–Kier alpha value is -4.96. The van der Waals surface area contributed by atoms with Gasteiger partial charge in [0.05, 0.1) is 26.4 Å². The Morgan fingerprint density at radius 1 is 0.714 bits per heavy atom. The molecule has 1 fully saturated rings. The molecule has 8 nitrogen and oxygen atoms in total. The molecule has 0 spiro atoms. The predicted octanol–water partition coefficient (Wildman–Crippen LogP) is 9.65. The molecule has 5 aromatic carbocycles. The van der Waals surface area contributed by atoms with Gasteiger partial charge < -0.3 is 33.2 Å². The van der Waals surface area contributed by atoms with Gasteiger partial charge >= 0.3 is 5.97 Å². The van der Waals surface area contributed by atoms with Crippen molar-refractivity contribution >= 4 is 17.6 Å². The molecule has 0 radical (unpaired) electrons. The van der Waals surface area contributed by atoms with Crippen molar-refractivity contribution in [1.29, 1.82) is 0 Å². The van der Waals surface area contributed by atoms with Gasteiger partial charge in [-0.3, -0.25) is 4.79 Å². The van der Waals surface area contributed by atoms with Gasteiger partial charge in [-0.2, -0.15) is 0 Å². The molecule has 0 aliphatic carbocycles. The Bertz CT molecular complexity index is 1960. The molecule has 0 aromatic heterocycles. The van der Waals surface area contributed by atoms with Gasteiger partial charge in [0.25, 0.3) is 0 Å². The third kappa shape index (κ3) is 11.3. The zero-order valence-electron chi connectivity index (χ0n) is 31.9. The fraction of sp³-hybridized carbons (Fsp3) is 0.298. The summed E-state index contributed by atoms with van der Waals surface area (Å²) < 4.78 is 45.2. The van der Waals surface area contributed by atoms with Gasteiger partial charge in [-0.05, 0) is 65.4 Å². The van der Waals surface area contributed by atoms with Gasteiger partial charge in [0.15, 0.2) is 0 Å². The van der Waals surface area contributed by atoms with Crippen LogP contribution >= 0.6 is 11.6 Å². The maximum Gasteiger partial charge on any atom is 0.302 e. The Balaban J connectivity index is 1.45. The first-order chi connectivity index (χ1) is 27.4. The fourth-order valence-corrected chi connectivity index (χ4v) is 6.93. The average molecular weight is 777 g/mol. The number of halogens is 1. The molecule has 0 N–H and O–H groups in total. The summed E-state index contributed by atoms with van der Waals surface area (Å²) in [4.78, 5) is 12.3. The van der Waals surface area contributed by atoms with Crippen molar-refractivity contribution in [2.24, 2.45) is 0 Å². The van der Waals surface area contributed by atoms with Crippen molar-refractivity contribution in [3.63, 3.8) is 0 Å². The van der Waals surface area contributed by atoms with Crippen LogP contribution in [0.25, 0.3) is 0 Å². The van der Waals surface area contributed by atoms with Crippen molar-refractivity contribution in [3.8, 4) is 11.5 Å². The van der Waals surface area contributed by atoms with Crippen LogP contribution in [0.2, 0.25) is 5.02 Å². The van der Waals surface area contributed by atoms with Crippen molar-refractivity contribution in [3.05, 3.63) is 178 Å². The van der Waals surface area contributed by atoms with Crippen LogP contribution < -0.4 is 9.47 Å². The summed E-state index contributed by atoms with van der Waals surface area (Å²) >= 11 is 7.01. The Morgan fingerprint density at radius 3 is 1.80 bits per heavy atom. The van der Waals surface area contributed by atoms with Crippen LogP contribution in [0.15, 0.2) is 140 Å². The normalized spacial score (nSPS) is 19.2. The molecule has 5 aromatic rings. The lowest BCUT2D eigenvalue weighted by Gasteiger charge is -2.46. The summed E-state index contributed by atoms with van der Waals surface area (Å²) in [6, 6.07) is 41.6. The van der Waals surface area contributed by atoms with E-state index < -0.39 is 36.5 Å². The maximum atomic E-state index is 12.3. The zero-order chi connectivity index (χ0) is 39.1. The molecule has 5 atom stereocenters. The van der Waals surface area contributed by atoms with E-state index in [1.54, 1.807) is 6.08 Å². The van der Waals surface area contributed by atoms with Crippen LogP contribution in [0.5, 0.6) is 11.5 Å². The van der Waals surface area contributed by atoms with Crippen molar-refractivity contribution in [2.75, 3.05) is 19.8 Å². The minimum atomic E-state index is -0.771. The lowest BCUT2D eigenvalue weighted by Crippen LogP contribution is -2.58. The first-order valence-electron chi connectivity index (χ1n) is 18.9. The van der Waals surface area contributed by atoms with Gasteiger partial charge in [-0.25, -0.2) is 0 Å². The third-order valence-corrected chi connectivity index (χ3v) is 9.76. The van der Waals surface area contributed by atoms with Crippen molar-refractivity contribution < 1.29 is 38.0 Å². The quantitative estimate of drug-likeness (QED) is 0.0606. The second-order valence-corrected chi connectivity index (χ2v) is 13.9. The summed E-state index contributed by atoms with van der Waals surface area (Å²) in [6.07, 6.45) is -1.42. The van der Waals surface area contributed by atoms with E-state index in [2.05, 4.69) is 6.58 Å². The largest absolute Gasteiger partial charge is 0.494 e. The van der Waals surface area contributed by atoms with Crippen LogP contribution in [0.3, 0.4) is 0 Å². The number of esters is 1. The lowest BCUT2D eigenvalue weighted by atomic mass is 9.88. The lowest BCUT2D eigenvalue weighted by molar-refractivity contribution is -0.273. The molecule has 0 saturated carbocycles. The number of carbonyl (C=O) groups excluding carboxylic acids is 1. The van der Waals surface area contributed by atoms with Crippen LogP contribution in [-0.4, -0.2) is 50.2 Å². The molecular weight excluding hydrogens is 728 g/mol. The first kappa shape index (κ1) is 40.7. The van der Waals surface area contributed by atoms with Crippen molar-refractivity contribution in [2.45, 2.75) is 70.6 Å². The van der Waals surface area contributed by atoms with E-state index in [0.29, 0.717) is 29.4 Å². The summed E-state index contributed by atoms with van der Waals surface area (Å²) in [5.41, 5.74) is 5.55. The highest BCUT2D eigenvalue weighted by Crippen LogP contribution is 2.43. The molecule has 9 heteroatoms. The second-order valence-electron chi connectivity index (χ2n) is 13.5. The monoisotopic (exact) mass is 776 g/mol. The minimum absolute atomic E-state index is 0.0721. The van der Waals surface area contributed by atoms with Crippen LogP contribution in [0.1, 0.15) is 53.3 Å². The summed E-state index contributed by atoms with van der Waals surface area (Å²) in [5, 5.41) is 0.539. The standard InChI is InChI=1S/C47H49ClO8/c1-4-25-51-42-28-41(48)38(26-34-21-23-39(24-22-34)50-5-2)27-40(42)44-46(54-30-36-17-11-7-12-18-36)47(55-31-37-19-13-8-14-20-37)45(43(56-44)32-52-33(3)49)53-29-35-15-9-6-10-16-35/h4,6-24,27-28,43-47H,1,5,25-26,29-32H2,2-3H3. The summed E-state index contributed by atoms with van der Waals surface area (Å²) in [6.45, 7) is 8.78. The van der Waals surface area contributed by atoms with Crippen LogP contribution in [0.4, 0.5) is 0 Å². The molecule has 6 rings (SSSR count). The number of carbonyl (C=O) groups is 1. The van der Waals surface area contributed by atoms with Crippen LogP contribution in [-0.2, 0) is 54.7 Å². The van der Waals surface area contributed by atoms with Gasteiger partial charge in [0, 0.05) is 17.5 Å². The van der Waals surface area contributed by atoms with E-state index in [1.807, 2.05) is 134 Å². The molecule has 0 bridgehead atoms. The highest BCUT2D eigenvalue weighted by Gasteiger charge is 2.50. The van der Waals surface area contributed by atoms with Gasteiger partial charge in [0.1, 0.15) is 55.2 Å². The predicted molar refractivity (Wildman–Crippen MR) is 217 cm³/mol. The van der Waals surface area contributed by atoms with Crippen molar-refractivity contribution in [1.82, 2.24) is 0 Å². The molecule has 1 aliphatic heterocycles. The molecule has 1 aliphatic rings. The number of hydrogen-bond acceptors (Lipinski definition) is 8. The van der Waals surface area contributed by atoms with Gasteiger partial charge in [-0.1, -0.05) is 127 Å². The van der Waals surface area contributed by atoms with Gasteiger partial charge in [-0.15, -0.1) is 0 Å². The first-order valence-corrected chi connectivity index (χ1v) is 19.3. The number of hydrogen-bond donors (Lipinski definition) is 0. The molecule has 292 valence electrons. The minimum Gasteiger partial charge on any atom is -0.494 e. The second kappa shape index (κ2) is 20.8. The van der Waals surface area contributed by atoms with Gasteiger partial charge in [0.2, 0.25) is 0 Å². The topological polar surface area (TPSA) is 81.7 Å². The highest BCUT2D eigenvalue weighted by molar-refractivity contribution is 6.31. The third-order valence-electron chi connectivity index (χ3n) is 9.41. The summed E-state index contributed by atoms with van der Waals surface area (Å²) in [7, 11) is 0. The van der Waals surface area contributed by atoms with E-state index in [-0.39, 0.29) is 33.0 Å². The SMILES string of the molecule is C=CCOc1cc(Cl)c(Cc2ccc(OCC)cc2)cc1C1OC(COC(C)=O)C(OCc2ccccc2)C(OCc2ccccc2)C1OCc1ccccc1. The van der Waals surface area contributed by atoms with E-state index >= 15 is 0 Å². The Morgan fingerprint density at radius 2 is 1.27 bits per heavy atom. The van der Waals surface area contributed by atoms with E-state index in [4.69, 9.17) is 44.8 Å². The fourth-order valence-electron chi connectivity index (χ4n) is 6.71. The molecular formula is C47H49ClO8. The number of benzene rings is 5. The molecule has 0 amide bonds. The Kier molecular flexibility index (Phi) is 15.1. The van der Waals surface area contributed by atoms with E-state index in [0.717, 1.165) is 33.6 Å². The van der Waals surface area contributed by atoms with Crippen LogP contribution in [0, 0.1) is 0 Å². The van der Waals surface area contributed by atoms with E-state index in [9.17, 15) is 4.79 Å². The number of ether oxygens (including phenoxy) is 7. The van der Waals surface area contributed by atoms with E-state index in [1.165, 1.54) is 6.92 Å². The average Bonchev–Trinajstić information content (AvgIpc) is 3.22. The molecule has 56 heavy (non-hydrogen) atoms. The zero-order valence-corrected chi connectivity index (χ0v) is 32.6. The molecule has 1 heterocycles. The molecule has 1 saturated heterocycles.